The van der Waals surface area contributed by atoms with Crippen LogP contribution in [0.15, 0.2) is 48.8 Å². The smallest absolute Gasteiger partial charge is 0.149 e. The van der Waals surface area contributed by atoms with Crippen molar-refractivity contribution in [3.8, 4) is 33.6 Å². The summed E-state index contributed by atoms with van der Waals surface area (Å²) < 4.78 is 0. The number of benzene rings is 2. The molecule has 46 heavy (non-hydrogen) atoms. The standard InChI is InChI=1S/C34H40Cl2N8O2/c1-37-33-29(15-39-13-19-9-21(45)10-19)41-17-27(43-33)25-7-3-5-23(31(25)35)24-6-4-8-26(32(24)36)28-18-42-30(34(38-2)44-28)16-40-14-20-11-22(46)12-20/h3-8,17-22,39-40,45-46H,9-16H2,1-2H3,(H,37,43)(H,38,44)/t19-,20-,21-,22-. The first-order valence-electron chi connectivity index (χ1n) is 15.8. The van der Waals surface area contributed by atoms with Gasteiger partial charge < -0.3 is 31.5 Å². The average molecular weight is 664 g/mol. The van der Waals surface area contributed by atoms with E-state index in [0.717, 1.165) is 72.4 Å². The van der Waals surface area contributed by atoms with Crippen LogP contribution >= 0.6 is 23.2 Å². The molecule has 6 rings (SSSR count). The molecule has 0 saturated heterocycles. The Morgan fingerprint density at radius 2 is 1.04 bits per heavy atom. The second-order valence-corrected chi connectivity index (χ2v) is 12.9. The first-order chi connectivity index (χ1) is 22.3. The molecular formula is C34H40Cl2N8O2. The molecule has 2 aromatic carbocycles. The molecule has 0 bridgehead atoms. The highest BCUT2D eigenvalue weighted by Gasteiger charge is 2.27. The summed E-state index contributed by atoms with van der Waals surface area (Å²) in [4.78, 5) is 19.1. The van der Waals surface area contributed by atoms with E-state index in [9.17, 15) is 10.2 Å². The summed E-state index contributed by atoms with van der Waals surface area (Å²) in [6.07, 6.45) is 6.57. The highest BCUT2D eigenvalue weighted by atomic mass is 35.5. The van der Waals surface area contributed by atoms with Gasteiger partial charge in [0.15, 0.2) is 0 Å². The van der Waals surface area contributed by atoms with E-state index in [1.807, 2.05) is 50.5 Å². The lowest BCUT2D eigenvalue weighted by atomic mass is 9.82. The summed E-state index contributed by atoms with van der Waals surface area (Å²) in [6.45, 7) is 2.83. The molecule has 4 aromatic rings. The van der Waals surface area contributed by atoms with Crippen molar-refractivity contribution in [2.24, 2.45) is 11.8 Å². The lowest BCUT2D eigenvalue weighted by molar-refractivity contribution is 0.0426. The van der Waals surface area contributed by atoms with Crippen molar-refractivity contribution in [2.75, 3.05) is 37.8 Å². The molecule has 0 amide bonds. The molecule has 2 aromatic heterocycles. The van der Waals surface area contributed by atoms with Gasteiger partial charge in [-0.15, -0.1) is 0 Å². The van der Waals surface area contributed by atoms with Gasteiger partial charge in [-0.2, -0.15) is 0 Å². The van der Waals surface area contributed by atoms with Crippen LogP contribution in [0.25, 0.3) is 33.6 Å². The van der Waals surface area contributed by atoms with Gasteiger partial charge in [0.05, 0.1) is 57.4 Å². The third-order valence-electron chi connectivity index (χ3n) is 8.88. The third-order valence-corrected chi connectivity index (χ3v) is 9.70. The van der Waals surface area contributed by atoms with Crippen LogP contribution in [0, 0.1) is 11.8 Å². The number of nitrogens with one attached hydrogen (secondary N) is 4. The molecule has 242 valence electrons. The quantitative estimate of drug-likeness (QED) is 0.111. The van der Waals surface area contributed by atoms with E-state index in [-0.39, 0.29) is 12.2 Å². The molecule has 2 aliphatic rings. The van der Waals surface area contributed by atoms with Gasteiger partial charge in [0.25, 0.3) is 0 Å². The van der Waals surface area contributed by atoms with Crippen molar-refractivity contribution >= 4 is 34.8 Å². The molecule has 0 unspecified atom stereocenters. The normalized spacial score (nSPS) is 20.6. The van der Waals surface area contributed by atoms with Gasteiger partial charge in [0.2, 0.25) is 0 Å². The Morgan fingerprint density at radius 1 is 0.652 bits per heavy atom. The maximum atomic E-state index is 9.54. The average Bonchev–Trinajstić information content (AvgIpc) is 3.03. The van der Waals surface area contributed by atoms with Gasteiger partial charge in [0, 0.05) is 49.4 Å². The first kappa shape index (κ1) is 32.6. The van der Waals surface area contributed by atoms with Gasteiger partial charge in [0.1, 0.15) is 11.6 Å². The monoisotopic (exact) mass is 662 g/mol. The molecule has 10 nitrogen and oxygen atoms in total. The molecule has 0 spiro atoms. The number of nitrogens with zero attached hydrogens (tertiary/aromatic N) is 4. The summed E-state index contributed by atoms with van der Waals surface area (Å²) in [5, 5.41) is 33.3. The third kappa shape index (κ3) is 7.12. The number of aromatic nitrogens is 4. The highest BCUT2D eigenvalue weighted by Crippen LogP contribution is 2.42. The van der Waals surface area contributed by atoms with Crippen LogP contribution in [-0.2, 0) is 13.1 Å². The van der Waals surface area contributed by atoms with E-state index in [2.05, 4.69) is 21.3 Å². The lowest BCUT2D eigenvalue weighted by Crippen LogP contribution is -2.36. The van der Waals surface area contributed by atoms with Crippen molar-refractivity contribution in [3.05, 3.63) is 70.2 Å². The van der Waals surface area contributed by atoms with Gasteiger partial charge in [-0.3, -0.25) is 9.97 Å². The van der Waals surface area contributed by atoms with Crippen LogP contribution in [0.2, 0.25) is 10.0 Å². The zero-order chi connectivity index (χ0) is 32.2. The van der Waals surface area contributed by atoms with E-state index < -0.39 is 0 Å². The maximum absolute atomic E-state index is 9.54. The molecule has 2 saturated carbocycles. The Bertz CT molecular complexity index is 1550. The largest absolute Gasteiger partial charge is 0.393 e. The number of aliphatic hydroxyl groups is 2. The summed E-state index contributed by atoms with van der Waals surface area (Å²) in [6, 6.07) is 11.6. The lowest BCUT2D eigenvalue weighted by Gasteiger charge is -2.31. The van der Waals surface area contributed by atoms with Crippen LogP contribution in [0.4, 0.5) is 11.6 Å². The van der Waals surface area contributed by atoms with Crippen LogP contribution in [-0.4, -0.2) is 69.5 Å². The van der Waals surface area contributed by atoms with Crippen molar-refractivity contribution in [3.63, 3.8) is 0 Å². The number of aliphatic hydroxyl groups excluding tert-OH is 2. The van der Waals surface area contributed by atoms with Crippen molar-refractivity contribution < 1.29 is 10.2 Å². The minimum absolute atomic E-state index is 0.158. The van der Waals surface area contributed by atoms with E-state index >= 15 is 0 Å². The van der Waals surface area contributed by atoms with E-state index in [4.69, 9.17) is 43.1 Å². The van der Waals surface area contributed by atoms with E-state index in [1.165, 1.54) is 0 Å². The van der Waals surface area contributed by atoms with E-state index in [0.29, 0.717) is 58.0 Å². The zero-order valence-electron chi connectivity index (χ0n) is 26.0. The molecule has 2 aliphatic carbocycles. The predicted octanol–water partition coefficient (Wildman–Crippen LogP) is 5.38. The molecular weight excluding hydrogens is 623 g/mol. The van der Waals surface area contributed by atoms with Crippen LogP contribution in [0.5, 0.6) is 0 Å². The number of hydrogen-bond donors (Lipinski definition) is 6. The fourth-order valence-corrected chi connectivity index (χ4v) is 6.80. The number of rotatable bonds is 13. The summed E-state index contributed by atoms with van der Waals surface area (Å²) in [7, 11) is 3.66. The van der Waals surface area contributed by atoms with Crippen LogP contribution < -0.4 is 21.3 Å². The highest BCUT2D eigenvalue weighted by molar-refractivity contribution is 6.39. The number of anilines is 2. The second-order valence-electron chi connectivity index (χ2n) is 12.2. The zero-order valence-corrected chi connectivity index (χ0v) is 27.5. The molecule has 2 fully saturated rings. The number of halogens is 2. The van der Waals surface area contributed by atoms with Crippen molar-refractivity contribution in [1.29, 1.82) is 0 Å². The van der Waals surface area contributed by atoms with Gasteiger partial charge in [-0.25, -0.2) is 9.97 Å². The molecule has 2 heterocycles. The SMILES string of the molecule is CNc1nc(-c2cccc(-c3cccc(-c4cnc(CNC[C@H]5C[C@H](O)C5)c(NC)n4)c3Cl)c2Cl)cnc1CNC[C@H]1C[C@H](O)C1. The van der Waals surface area contributed by atoms with Gasteiger partial charge in [-0.05, 0) is 50.6 Å². The Morgan fingerprint density at radius 3 is 1.41 bits per heavy atom. The second kappa shape index (κ2) is 14.6. The molecule has 0 atom stereocenters. The van der Waals surface area contributed by atoms with Crippen LogP contribution in [0.1, 0.15) is 37.1 Å². The fraction of sp³-hybridized carbons (Fsp3) is 0.412. The maximum Gasteiger partial charge on any atom is 0.149 e. The minimum atomic E-state index is -0.158. The topological polar surface area (TPSA) is 140 Å². The predicted molar refractivity (Wildman–Crippen MR) is 184 cm³/mol. The summed E-state index contributed by atoms with van der Waals surface area (Å²) in [5.74, 6) is 2.37. The van der Waals surface area contributed by atoms with Crippen molar-refractivity contribution in [2.45, 2.75) is 51.0 Å². The number of hydrogen-bond acceptors (Lipinski definition) is 10. The van der Waals surface area contributed by atoms with Gasteiger partial charge in [-0.1, -0.05) is 59.6 Å². The Labute approximate surface area is 279 Å². The Hall–Kier alpha value is -3.38. The Balaban J connectivity index is 1.21. The Kier molecular flexibility index (Phi) is 10.3. The molecule has 0 radical (unpaired) electrons. The minimum Gasteiger partial charge on any atom is -0.393 e. The van der Waals surface area contributed by atoms with E-state index in [1.54, 1.807) is 12.4 Å². The molecule has 6 N–H and O–H groups in total. The fourth-order valence-electron chi connectivity index (χ4n) is 6.15. The molecule has 0 aliphatic heterocycles. The summed E-state index contributed by atoms with van der Waals surface area (Å²) in [5.41, 5.74) is 5.98. The first-order valence-corrected chi connectivity index (χ1v) is 16.5. The van der Waals surface area contributed by atoms with Gasteiger partial charge >= 0.3 is 0 Å². The summed E-state index contributed by atoms with van der Waals surface area (Å²) >= 11 is 14.1. The van der Waals surface area contributed by atoms with Crippen LogP contribution in [0.3, 0.4) is 0 Å². The molecule has 12 heteroatoms. The van der Waals surface area contributed by atoms with Crippen molar-refractivity contribution in [1.82, 2.24) is 30.6 Å².